The predicted octanol–water partition coefficient (Wildman–Crippen LogP) is 13.6. The van der Waals surface area contributed by atoms with E-state index >= 15 is 0 Å². The van der Waals surface area contributed by atoms with E-state index < -0.39 is 0 Å². The molecule has 3 heteroatoms. The quantitative estimate of drug-likeness (QED) is 0.190. The summed E-state index contributed by atoms with van der Waals surface area (Å²) in [6, 6.07) is 62.5. The van der Waals surface area contributed by atoms with Crippen LogP contribution in [0.25, 0.3) is 105 Å². The van der Waals surface area contributed by atoms with Gasteiger partial charge in [0, 0.05) is 43.6 Å². The van der Waals surface area contributed by atoms with Crippen molar-refractivity contribution in [3.05, 3.63) is 176 Å². The van der Waals surface area contributed by atoms with Crippen LogP contribution in [-0.4, -0.2) is 4.57 Å². The highest BCUT2D eigenvalue weighted by Crippen LogP contribution is 2.43. The van der Waals surface area contributed by atoms with Crippen LogP contribution >= 0.6 is 0 Å². The lowest BCUT2D eigenvalue weighted by molar-refractivity contribution is 0.670. The SMILES string of the molecule is c1ccc(-c2ccc3oc4c(-c5ccccc5)cc(-c5ccc(-n6c7ccccc7c7ccc8c9ccccc9oc8c76)cc5)cc4c3c2)cc1. The van der Waals surface area contributed by atoms with Crippen molar-refractivity contribution < 1.29 is 8.83 Å². The van der Waals surface area contributed by atoms with Crippen LogP contribution in [0.3, 0.4) is 0 Å². The lowest BCUT2D eigenvalue weighted by Crippen LogP contribution is -1.94. The molecule has 11 aromatic rings. The molecule has 11 rings (SSSR count). The fourth-order valence-electron chi connectivity index (χ4n) is 7.99. The number of hydrogen-bond acceptors (Lipinski definition) is 2. The van der Waals surface area contributed by atoms with Crippen LogP contribution in [0.15, 0.2) is 185 Å². The van der Waals surface area contributed by atoms with Gasteiger partial charge in [0.25, 0.3) is 0 Å². The Morgan fingerprint density at radius 1 is 0.333 bits per heavy atom. The van der Waals surface area contributed by atoms with E-state index in [9.17, 15) is 0 Å². The Kier molecular flexibility index (Phi) is 5.96. The fourth-order valence-corrected chi connectivity index (χ4v) is 7.99. The Morgan fingerprint density at radius 3 is 1.76 bits per heavy atom. The first-order valence-corrected chi connectivity index (χ1v) is 17.3. The van der Waals surface area contributed by atoms with Gasteiger partial charge in [-0.2, -0.15) is 0 Å². The van der Waals surface area contributed by atoms with Gasteiger partial charge >= 0.3 is 0 Å². The molecule has 0 aliphatic carbocycles. The van der Waals surface area contributed by atoms with Crippen LogP contribution in [0.1, 0.15) is 0 Å². The highest BCUT2D eigenvalue weighted by atomic mass is 16.3. The van der Waals surface area contributed by atoms with Gasteiger partial charge in [-0.3, -0.25) is 0 Å². The molecular formula is C48H29NO2. The Morgan fingerprint density at radius 2 is 0.941 bits per heavy atom. The van der Waals surface area contributed by atoms with Crippen molar-refractivity contribution in [1.29, 1.82) is 0 Å². The Labute approximate surface area is 293 Å². The Balaban J connectivity index is 1.11. The van der Waals surface area contributed by atoms with Crippen molar-refractivity contribution in [2.24, 2.45) is 0 Å². The van der Waals surface area contributed by atoms with Gasteiger partial charge in [-0.25, -0.2) is 0 Å². The van der Waals surface area contributed by atoms with Gasteiger partial charge in [-0.1, -0.05) is 121 Å². The molecule has 51 heavy (non-hydrogen) atoms. The third kappa shape index (κ3) is 4.25. The molecule has 0 unspecified atom stereocenters. The number of nitrogens with zero attached hydrogens (tertiary/aromatic N) is 1. The number of fused-ring (bicyclic) bond motifs is 10. The zero-order valence-electron chi connectivity index (χ0n) is 27.5. The highest BCUT2D eigenvalue weighted by Gasteiger charge is 2.20. The van der Waals surface area contributed by atoms with E-state index in [4.69, 9.17) is 8.83 Å². The normalized spacial score (nSPS) is 11.9. The first-order valence-electron chi connectivity index (χ1n) is 17.3. The van der Waals surface area contributed by atoms with E-state index in [1.165, 1.54) is 21.9 Å². The molecule has 0 aliphatic heterocycles. The summed E-state index contributed by atoms with van der Waals surface area (Å²) in [4.78, 5) is 0. The molecule has 3 aromatic heterocycles. The maximum atomic E-state index is 6.61. The molecule has 0 amide bonds. The zero-order valence-corrected chi connectivity index (χ0v) is 27.5. The van der Waals surface area contributed by atoms with Crippen LogP contribution in [-0.2, 0) is 0 Å². The van der Waals surface area contributed by atoms with E-state index in [0.29, 0.717) is 0 Å². The summed E-state index contributed by atoms with van der Waals surface area (Å²) < 4.78 is 15.5. The van der Waals surface area contributed by atoms with Crippen molar-refractivity contribution in [2.75, 3.05) is 0 Å². The maximum Gasteiger partial charge on any atom is 0.160 e. The Hall–Kier alpha value is -6.84. The lowest BCUT2D eigenvalue weighted by atomic mass is 9.95. The number of furan rings is 2. The summed E-state index contributed by atoms with van der Waals surface area (Å²) in [7, 11) is 0. The molecule has 8 aromatic carbocycles. The molecule has 238 valence electrons. The van der Waals surface area contributed by atoms with Crippen molar-refractivity contribution in [3.8, 4) is 39.1 Å². The van der Waals surface area contributed by atoms with E-state index in [-0.39, 0.29) is 0 Å². The molecule has 3 nitrogen and oxygen atoms in total. The summed E-state index contributed by atoms with van der Waals surface area (Å²) in [5.41, 5.74) is 13.8. The minimum absolute atomic E-state index is 0.887. The minimum atomic E-state index is 0.887. The van der Waals surface area contributed by atoms with E-state index in [1.807, 2.05) is 6.07 Å². The highest BCUT2D eigenvalue weighted by molar-refractivity contribution is 6.21. The van der Waals surface area contributed by atoms with Gasteiger partial charge in [0.15, 0.2) is 5.58 Å². The molecule has 0 aliphatic rings. The van der Waals surface area contributed by atoms with Gasteiger partial charge in [-0.05, 0) is 82.4 Å². The van der Waals surface area contributed by atoms with Gasteiger partial charge in [0.05, 0.1) is 11.0 Å². The molecule has 0 saturated carbocycles. The van der Waals surface area contributed by atoms with Gasteiger partial charge in [-0.15, -0.1) is 0 Å². The summed E-state index contributed by atoms with van der Waals surface area (Å²) >= 11 is 0. The van der Waals surface area contributed by atoms with Crippen molar-refractivity contribution in [1.82, 2.24) is 4.57 Å². The summed E-state index contributed by atoms with van der Waals surface area (Å²) in [6.45, 7) is 0. The summed E-state index contributed by atoms with van der Waals surface area (Å²) in [6.07, 6.45) is 0. The van der Waals surface area contributed by atoms with E-state index in [1.54, 1.807) is 0 Å². The van der Waals surface area contributed by atoms with Crippen molar-refractivity contribution >= 4 is 65.7 Å². The second-order valence-corrected chi connectivity index (χ2v) is 13.3. The topological polar surface area (TPSA) is 31.2 Å². The average molecular weight is 652 g/mol. The number of para-hydroxylation sites is 2. The monoisotopic (exact) mass is 651 g/mol. The Bertz CT molecular complexity index is 3110. The standard InChI is InChI=1S/C48H29NO2/c1-3-11-30(12-4-1)33-21-26-45-41(27-33)42-29-34(28-40(47(42)50-45)32-13-5-2-6-14-32)31-19-22-35(23-20-31)49-43-17-9-7-15-36(43)38-24-25-39-37-16-8-10-18-44(37)51-48(39)46(38)49/h1-29H. The van der Waals surface area contributed by atoms with Gasteiger partial charge in [0.2, 0.25) is 0 Å². The first-order chi connectivity index (χ1) is 25.3. The van der Waals surface area contributed by atoms with Gasteiger partial charge in [0.1, 0.15) is 16.7 Å². The van der Waals surface area contributed by atoms with E-state index in [2.05, 4.69) is 174 Å². The molecule has 0 saturated heterocycles. The van der Waals surface area contributed by atoms with Crippen molar-refractivity contribution in [3.63, 3.8) is 0 Å². The van der Waals surface area contributed by atoms with Crippen LogP contribution in [0.2, 0.25) is 0 Å². The molecule has 0 radical (unpaired) electrons. The number of hydrogen-bond donors (Lipinski definition) is 0. The fraction of sp³-hybridized carbons (Fsp3) is 0. The third-order valence-corrected chi connectivity index (χ3v) is 10.4. The molecular weight excluding hydrogens is 623 g/mol. The number of benzene rings is 8. The maximum absolute atomic E-state index is 6.61. The molecule has 3 heterocycles. The second kappa shape index (κ2) is 10.8. The minimum Gasteiger partial charge on any atom is -0.455 e. The van der Waals surface area contributed by atoms with Crippen LogP contribution < -0.4 is 0 Å². The first kappa shape index (κ1) is 28.0. The van der Waals surface area contributed by atoms with Gasteiger partial charge < -0.3 is 13.4 Å². The molecule has 0 atom stereocenters. The third-order valence-electron chi connectivity index (χ3n) is 10.4. The average Bonchev–Trinajstić information content (AvgIpc) is 3.88. The summed E-state index contributed by atoms with van der Waals surface area (Å²) in [5, 5.41) is 6.87. The molecule has 0 spiro atoms. The van der Waals surface area contributed by atoms with E-state index in [0.717, 1.165) is 82.9 Å². The number of aromatic nitrogens is 1. The number of rotatable bonds is 4. The molecule has 0 fully saturated rings. The van der Waals surface area contributed by atoms with Crippen molar-refractivity contribution in [2.45, 2.75) is 0 Å². The second-order valence-electron chi connectivity index (χ2n) is 13.3. The molecule has 0 N–H and O–H groups in total. The van der Waals surface area contributed by atoms with Crippen LogP contribution in [0, 0.1) is 0 Å². The predicted molar refractivity (Wildman–Crippen MR) is 212 cm³/mol. The van der Waals surface area contributed by atoms with Crippen LogP contribution in [0.4, 0.5) is 0 Å². The largest absolute Gasteiger partial charge is 0.455 e. The smallest absolute Gasteiger partial charge is 0.160 e. The molecule has 0 bridgehead atoms. The summed E-state index contributed by atoms with van der Waals surface area (Å²) in [5.74, 6) is 0. The lowest BCUT2D eigenvalue weighted by Gasteiger charge is -2.11. The zero-order chi connectivity index (χ0) is 33.5. The van der Waals surface area contributed by atoms with Crippen LogP contribution in [0.5, 0.6) is 0 Å².